The van der Waals surface area contributed by atoms with Crippen molar-refractivity contribution in [2.45, 2.75) is 12.5 Å². The van der Waals surface area contributed by atoms with Gasteiger partial charge in [-0.2, -0.15) is 0 Å². The molecule has 0 spiro atoms. The van der Waals surface area contributed by atoms with Gasteiger partial charge in [-0.15, -0.1) is 0 Å². The second-order valence-corrected chi connectivity index (χ2v) is 4.09. The van der Waals surface area contributed by atoms with Gasteiger partial charge in [0, 0.05) is 32.8 Å². The molecule has 0 heterocycles. The summed E-state index contributed by atoms with van der Waals surface area (Å²) in [5.74, 6) is 0.164. The van der Waals surface area contributed by atoms with E-state index in [2.05, 4.69) is 10.2 Å². The van der Waals surface area contributed by atoms with E-state index in [4.69, 9.17) is 10.5 Å². The van der Waals surface area contributed by atoms with E-state index >= 15 is 0 Å². The van der Waals surface area contributed by atoms with E-state index < -0.39 is 0 Å². The average Bonchev–Trinajstić information content (AvgIpc) is 2.92. The van der Waals surface area contributed by atoms with Gasteiger partial charge in [-0.25, -0.2) is 0 Å². The first-order chi connectivity index (χ1) is 7.15. The first kappa shape index (κ1) is 12.4. The van der Waals surface area contributed by atoms with Crippen LogP contribution in [-0.4, -0.2) is 57.2 Å². The second kappa shape index (κ2) is 6.05. The summed E-state index contributed by atoms with van der Waals surface area (Å²) in [5.41, 5.74) is 5.58. The van der Waals surface area contributed by atoms with Gasteiger partial charge in [0.05, 0.1) is 12.5 Å². The minimum Gasteiger partial charge on any atom is -0.383 e. The number of carbonyl (C=O) groups excluding carboxylic acids is 1. The normalized spacial score (nSPS) is 24.3. The summed E-state index contributed by atoms with van der Waals surface area (Å²) in [6, 6.07) is 0.0937. The Morgan fingerprint density at radius 3 is 2.80 bits per heavy atom. The molecule has 0 aliphatic heterocycles. The number of hydrogen-bond donors (Lipinski definition) is 2. The Hall–Kier alpha value is -0.650. The van der Waals surface area contributed by atoms with Crippen LogP contribution in [0, 0.1) is 5.92 Å². The molecular formula is C10H21N3O2. The van der Waals surface area contributed by atoms with Crippen LogP contribution in [0.4, 0.5) is 0 Å². The summed E-state index contributed by atoms with van der Waals surface area (Å²) in [6.45, 7) is 3.13. The predicted molar refractivity (Wildman–Crippen MR) is 58.5 cm³/mol. The van der Waals surface area contributed by atoms with Crippen LogP contribution in [0.25, 0.3) is 0 Å². The van der Waals surface area contributed by atoms with Crippen LogP contribution in [0.5, 0.6) is 0 Å². The maximum Gasteiger partial charge on any atom is 0.224 e. The number of amides is 1. The largest absolute Gasteiger partial charge is 0.383 e. The zero-order valence-corrected chi connectivity index (χ0v) is 9.53. The molecule has 1 saturated carbocycles. The van der Waals surface area contributed by atoms with Gasteiger partial charge in [-0.3, -0.25) is 4.79 Å². The van der Waals surface area contributed by atoms with Crippen LogP contribution in [-0.2, 0) is 9.53 Å². The highest BCUT2D eigenvalue weighted by Crippen LogP contribution is 2.27. The van der Waals surface area contributed by atoms with Crippen molar-refractivity contribution in [2.24, 2.45) is 11.7 Å². The van der Waals surface area contributed by atoms with Gasteiger partial charge < -0.3 is 20.7 Å². The SMILES string of the molecule is COCCN(C)CCNC(=O)C1CC1N. The van der Waals surface area contributed by atoms with E-state index in [1.54, 1.807) is 7.11 Å². The number of nitrogens with zero attached hydrogens (tertiary/aromatic N) is 1. The second-order valence-electron chi connectivity index (χ2n) is 4.09. The quantitative estimate of drug-likeness (QED) is 0.573. The Labute approximate surface area is 90.9 Å². The third-order valence-corrected chi connectivity index (χ3v) is 2.65. The number of hydrogen-bond acceptors (Lipinski definition) is 4. The molecular weight excluding hydrogens is 194 g/mol. The molecule has 2 atom stereocenters. The molecule has 5 nitrogen and oxygen atoms in total. The van der Waals surface area contributed by atoms with Crippen molar-refractivity contribution >= 4 is 5.91 Å². The molecule has 1 fully saturated rings. The highest BCUT2D eigenvalue weighted by molar-refractivity contribution is 5.82. The van der Waals surface area contributed by atoms with Gasteiger partial charge in [0.25, 0.3) is 0 Å². The molecule has 0 aromatic rings. The van der Waals surface area contributed by atoms with Gasteiger partial charge in [0.2, 0.25) is 5.91 Å². The van der Waals surface area contributed by atoms with Crippen molar-refractivity contribution in [1.82, 2.24) is 10.2 Å². The molecule has 15 heavy (non-hydrogen) atoms. The number of likely N-dealkylation sites (N-methyl/N-ethyl adjacent to an activating group) is 1. The maximum atomic E-state index is 11.4. The van der Waals surface area contributed by atoms with Crippen LogP contribution < -0.4 is 11.1 Å². The lowest BCUT2D eigenvalue weighted by Crippen LogP contribution is -2.35. The summed E-state index contributed by atoms with van der Waals surface area (Å²) < 4.78 is 4.96. The van der Waals surface area contributed by atoms with Crippen LogP contribution >= 0.6 is 0 Å². The maximum absolute atomic E-state index is 11.4. The molecule has 0 bridgehead atoms. The summed E-state index contributed by atoms with van der Waals surface area (Å²) in [4.78, 5) is 13.5. The van der Waals surface area contributed by atoms with Crippen molar-refractivity contribution in [3.63, 3.8) is 0 Å². The molecule has 5 heteroatoms. The fourth-order valence-electron chi connectivity index (χ4n) is 1.38. The van der Waals surface area contributed by atoms with E-state index in [0.717, 1.165) is 26.1 Å². The number of nitrogens with one attached hydrogen (secondary N) is 1. The zero-order chi connectivity index (χ0) is 11.3. The van der Waals surface area contributed by atoms with Gasteiger partial charge in [0.15, 0.2) is 0 Å². The predicted octanol–water partition coefficient (Wildman–Crippen LogP) is -0.972. The van der Waals surface area contributed by atoms with Crippen molar-refractivity contribution in [3.05, 3.63) is 0 Å². The standard InChI is InChI=1S/C10H21N3O2/c1-13(5-6-15-2)4-3-12-10(14)8-7-9(8)11/h8-9H,3-7,11H2,1-2H3,(H,12,14). The van der Waals surface area contributed by atoms with E-state index in [-0.39, 0.29) is 17.9 Å². The number of nitrogens with two attached hydrogens (primary N) is 1. The van der Waals surface area contributed by atoms with Crippen LogP contribution in [0.15, 0.2) is 0 Å². The van der Waals surface area contributed by atoms with Gasteiger partial charge in [-0.1, -0.05) is 0 Å². The smallest absolute Gasteiger partial charge is 0.224 e. The molecule has 0 aromatic heterocycles. The first-order valence-electron chi connectivity index (χ1n) is 5.36. The van der Waals surface area contributed by atoms with E-state index in [1.807, 2.05) is 7.05 Å². The molecule has 2 unspecified atom stereocenters. The highest BCUT2D eigenvalue weighted by Gasteiger charge is 2.39. The summed E-state index contributed by atoms with van der Waals surface area (Å²) in [7, 11) is 3.69. The van der Waals surface area contributed by atoms with Crippen LogP contribution in [0.2, 0.25) is 0 Å². The third-order valence-electron chi connectivity index (χ3n) is 2.65. The minimum absolute atomic E-state index is 0.0641. The van der Waals surface area contributed by atoms with Crippen molar-refractivity contribution < 1.29 is 9.53 Å². The Bertz CT molecular complexity index is 211. The fourth-order valence-corrected chi connectivity index (χ4v) is 1.38. The molecule has 88 valence electrons. The molecule has 1 aliphatic rings. The Morgan fingerprint density at radius 2 is 2.27 bits per heavy atom. The minimum atomic E-state index is 0.0641. The van der Waals surface area contributed by atoms with Crippen molar-refractivity contribution in [2.75, 3.05) is 40.4 Å². The molecule has 1 rings (SSSR count). The molecule has 0 radical (unpaired) electrons. The summed E-state index contributed by atoms with van der Waals surface area (Å²) in [5, 5.41) is 2.88. The zero-order valence-electron chi connectivity index (χ0n) is 9.53. The van der Waals surface area contributed by atoms with Crippen LogP contribution in [0.1, 0.15) is 6.42 Å². The third kappa shape index (κ3) is 4.59. The summed E-state index contributed by atoms with van der Waals surface area (Å²) in [6.07, 6.45) is 0.839. The molecule has 0 saturated heterocycles. The molecule has 0 aromatic carbocycles. The van der Waals surface area contributed by atoms with Gasteiger partial charge in [-0.05, 0) is 13.5 Å². The van der Waals surface area contributed by atoms with E-state index in [0.29, 0.717) is 6.54 Å². The first-order valence-corrected chi connectivity index (χ1v) is 5.36. The average molecular weight is 215 g/mol. The van der Waals surface area contributed by atoms with E-state index in [9.17, 15) is 4.79 Å². The number of ether oxygens (including phenoxy) is 1. The van der Waals surface area contributed by atoms with E-state index in [1.165, 1.54) is 0 Å². The summed E-state index contributed by atoms with van der Waals surface area (Å²) >= 11 is 0. The molecule has 1 aliphatic carbocycles. The number of methoxy groups -OCH3 is 1. The van der Waals surface area contributed by atoms with Gasteiger partial charge in [0.1, 0.15) is 0 Å². The Kier molecular flexibility index (Phi) is 5.01. The van der Waals surface area contributed by atoms with Crippen molar-refractivity contribution in [1.29, 1.82) is 0 Å². The Balaban J connectivity index is 1.98. The number of rotatable bonds is 7. The highest BCUT2D eigenvalue weighted by atomic mass is 16.5. The fraction of sp³-hybridized carbons (Fsp3) is 0.900. The topological polar surface area (TPSA) is 67.6 Å². The Morgan fingerprint density at radius 1 is 1.60 bits per heavy atom. The lowest BCUT2D eigenvalue weighted by Gasteiger charge is -2.16. The lowest BCUT2D eigenvalue weighted by molar-refractivity contribution is -0.122. The van der Waals surface area contributed by atoms with Crippen molar-refractivity contribution in [3.8, 4) is 0 Å². The number of carbonyl (C=O) groups is 1. The molecule has 1 amide bonds. The lowest BCUT2D eigenvalue weighted by atomic mass is 10.3. The van der Waals surface area contributed by atoms with Gasteiger partial charge >= 0.3 is 0 Å². The molecule has 3 N–H and O–H groups in total. The monoisotopic (exact) mass is 215 g/mol. The van der Waals surface area contributed by atoms with Crippen LogP contribution in [0.3, 0.4) is 0 Å².